The van der Waals surface area contributed by atoms with Crippen LogP contribution < -0.4 is 0 Å². The van der Waals surface area contributed by atoms with E-state index < -0.39 is 17.4 Å². The second-order valence-electron chi connectivity index (χ2n) is 3.93. The van der Waals surface area contributed by atoms with Crippen LogP contribution in [0.3, 0.4) is 0 Å². The highest BCUT2D eigenvalue weighted by molar-refractivity contribution is 7.09. The lowest BCUT2D eigenvalue weighted by Crippen LogP contribution is -2.12. The molecule has 0 radical (unpaired) electrons. The van der Waals surface area contributed by atoms with Crippen LogP contribution >= 0.6 is 11.3 Å². The fourth-order valence-corrected chi connectivity index (χ4v) is 2.27. The summed E-state index contributed by atoms with van der Waals surface area (Å²) in [4.78, 5) is 12.8. The van der Waals surface area contributed by atoms with Crippen molar-refractivity contribution in [3.8, 4) is 0 Å². The van der Waals surface area contributed by atoms with Crippen LogP contribution in [0.1, 0.15) is 15.2 Å². The van der Waals surface area contributed by atoms with E-state index in [0.717, 1.165) is 23.1 Å². The first-order chi connectivity index (χ1) is 9.16. The Morgan fingerprint density at radius 2 is 2.11 bits per heavy atom. The molecule has 19 heavy (non-hydrogen) atoms. The number of thiophene rings is 1. The fourth-order valence-electron chi connectivity index (χ4n) is 1.58. The monoisotopic (exact) mass is 282 g/mol. The summed E-state index contributed by atoms with van der Waals surface area (Å²) in [5.74, 6) is -1.92. The number of hydrogen-bond acceptors (Lipinski definition) is 3. The van der Waals surface area contributed by atoms with Crippen molar-refractivity contribution in [1.29, 1.82) is 0 Å². The van der Waals surface area contributed by atoms with Gasteiger partial charge in [-0.3, -0.25) is 4.79 Å². The number of ketones is 1. The van der Waals surface area contributed by atoms with Crippen molar-refractivity contribution in [3.05, 3.63) is 57.8 Å². The third-order valence-electron chi connectivity index (χ3n) is 2.53. The highest BCUT2D eigenvalue weighted by Crippen LogP contribution is 2.11. The average Bonchev–Trinajstić information content (AvgIpc) is 2.90. The van der Waals surface area contributed by atoms with Gasteiger partial charge in [-0.2, -0.15) is 0 Å². The van der Waals surface area contributed by atoms with Gasteiger partial charge in [0.05, 0.1) is 12.2 Å². The summed E-state index contributed by atoms with van der Waals surface area (Å²) in [6.45, 7) is 0.134. The predicted octanol–water partition coefficient (Wildman–Crippen LogP) is 3.47. The molecule has 0 amide bonds. The van der Waals surface area contributed by atoms with Gasteiger partial charge in [-0.05, 0) is 29.6 Å². The van der Waals surface area contributed by atoms with Crippen molar-refractivity contribution in [1.82, 2.24) is 0 Å². The number of rotatable bonds is 6. The van der Waals surface area contributed by atoms with E-state index in [1.165, 1.54) is 0 Å². The number of hydrogen-bond donors (Lipinski definition) is 0. The summed E-state index contributed by atoms with van der Waals surface area (Å²) < 4.78 is 31.4. The topological polar surface area (TPSA) is 26.3 Å². The molecule has 0 N–H and O–H groups in total. The molecule has 0 spiro atoms. The van der Waals surface area contributed by atoms with Crippen molar-refractivity contribution in [2.45, 2.75) is 6.42 Å². The average molecular weight is 282 g/mol. The normalized spacial score (nSPS) is 10.6. The van der Waals surface area contributed by atoms with Gasteiger partial charge in [0.15, 0.2) is 5.78 Å². The molecule has 0 unspecified atom stereocenters. The fraction of sp³-hybridized carbons (Fsp3) is 0.214. The number of benzene rings is 1. The minimum Gasteiger partial charge on any atom is -0.373 e. The van der Waals surface area contributed by atoms with E-state index in [1.54, 1.807) is 11.3 Å². The summed E-state index contributed by atoms with van der Waals surface area (Å²) in [6.07, 6.45) is 0.705. The van der Waals surface area contributed by atoms with E-state index in [2.05, 4.69) is 0 Å². The smallest absolute Gasteiger partial charge is 0.191 e. The van der Waals surface area contributed by atoms with Gasteiger partial charge in [0.25, 0.3) is 0 Å². The molecule has 2 nitrogen and oxygen atoms in total. The Hall–Kier alpha value is -1.59. The quantitative estimate of drug-likeness (QED) is 0.599. The third-order valence-corrected chi connectivity index (χ3v) is 3.47. The Morgan fingerprint density at radius 1 is 1.26 bits per heavy atom. The third kappa shape index (κ3) is 3.94. The van der Waals surface area contributed by atoms with Gasteiger partial charge >= 0.3 is 0 Å². The molecule has 1 aromatic heterocycles. The number of carbonyl (C=O) groups excluding carboxylic acids is 1. The molecule has 0 atom stereocenters. The minimum absolute atomic E-state index is 0.244. The van der Waals surface area contributed by atoms with E-state index in [0.29, 0.717) is 13.0 Å². The second kappa shape index (κ2) is 6.54. The Morgan fingerprint density at radius 3 is 2.84 bits per heavy atom. The summed E-state index contributed by atoms with van der Waals surface area (Å²) in [6, 6.07) is 6.72. The Kier molecular flexibility index (Phi) is 4.76. The molecule has 0 aliphatic heterocycles. The Balaban J connectivity index is 1.82. The van der Waals surface area contributed by atoms with Gasteiger partial charge < -0.3 is 4.74 Å². The van der Waals surface area contributed by atoms with Crippen molar-refractivity contribution >= 4 is 17.1 Å². The van der Waals surface area contributed by atoms with E-state index in [-0.39, 0.29) is 12.2 Å². The van der Waals surface area contributed by atoms with Gasteiger partial charge in [-0.25, -0.2) is 8.78 Å². The highest BCUT2D eigenvalue weighted by Gasteiger charge is 2.12. The van der Waals surface area contributed by atoms with Crippen LogP contribution in [0.4, 0.5) is 8.78 Å². The van der Waals surface area contributed by atoms with Gasteiger partial charge in [0.1, 0.15) is 18.2 Å². The number of ether oxygens (including phenoxy) is 1. The number of carbonyl (C=O) groups is 1. The zero-order chi connectivity index (χ0) is 13.7. The molecule has 2 rings (SSSR count). The molecule has 1 aromatic carbocycles. The van der Waals surface area contributed by atoms with E-state index in [1.807, 2.05) is 17.5 Å². The SMILES string of the molecule is O=C(COCCc1cccs1)c1cc(F)ccc1F. The van der Waals surface area contributed by atoms with Crippen LogP contribution in [0.15, 0.2) is 35.7 Å². The summed E-state index contributed by atoms with van der Waals surface area (Å²) >= 11 is 1.61. The van der Waals surface area contributed by atoms with Gasteiger partial charge in [-0.1, -0.05) is 6.07 Å². The number of halogens is 2. The molecule has 1 heterocycles. The van der Waals surface area contributed by atoms with Crippen LogP contribution in [-0.4, -0.2) is 19.0 Å². The summed E-state index contributed by atoms with van der Waals surface area (Å²) in [5.41, 5.74) is -0.267. The minimum atomic E-state index is -0.728. The Bertz CT molecular complexity index is 553. The molecular weight excluding hydrogens is 270 g/mol. The molecule has 100 valence electrons. The molecule has 0 saturated carbocycles. The lowest BCUT2D eigenvalue weighted by Gasteiger charge is -2.04. The number of Topliss-reactive ketones (excluding diaryl/α,β-unsaturated/α-hetero) is 1. The molecule has 0 bridgehead atoms. The van der Waals surface area contributed by atoms with Crippen molar-refractivity contribution in [2.24, 2.45) is 0 Å². The largest absolute Gasteiger partial charge is 0.373 e. The van der Waals surface area contributed by atoms with Crippen molar-refractivity contribution < 1.29 is 18.3 Å². The molecule has 2 aromatic rings. The van der Waals surface area contributed by atoms with Crippen molar-refractivity contribution in [3.63, 3.8) is 0 Å². The molecule has 0 aliphatic rings. The van der Waals surface area contributed by atoms with Crippen LogP contribution in [0.5, 0.6) is 0 Å². The van der Waals surface area contributed by atoms with Crippen molar-refractivity contribution in [2.75, 3.05) is 13.2 Å². The summed E-state index contributed by atoms with van der Waals surface area (Å²) in [7, 11) is 0. The first-order valence-corrected chi connectivity index (χ1v) is 6.63. The van der Waals surface area contributed by atoms with Crippen LogP contribution in [0.2, 0.25) is 0 Å². The first-order valence-electron chi connectivity index (χ1n) is 5.75. The van der Waals surface area contributed by atoms with E-state index in [9.17, 15) is 13.6 Å². The predicted molar refractivity (Wildman–Crippen MR) is 69.5 cm³/mol. The lowest BCUT2D eigenvalue weighted by molar-refractivity contribution is 0.0762. The molecular formula is C14H12F2O2S. The van der Waals surface area contributed by atoms with Crippen LogP contribution in [0.25, 0.3) is 0 Å². The maximum atomic E-state index is 13.3. The zero-order valence-corrected chi connectivity index (χ0v) is 10.9. The molecule has 0 saturated heterocycles. The van der Waals surface area contributed by atoms with E-state index in [4.69, 9.17) is 4.74 Å². The van der Waals surface area contributed by atoms with Crippen LogP contribution in [0, 0.1) is 11.6 Å². The van der Waals surface area contributed by atoms with E-state index >= 15 is 0 Å². The van der Waals surface area contributed by atoms with Gasteiger partial charge in [0, 0.05) is 11.3 Å². The maximum Gasteiger partial charge on any atom is 0.191 e. The first kappa shape index (κ1) is 13.8. The zero-order valence-electron chi connectivity index (χ0n) is 10.1. The molecule has 5 heteroatoms. The van der Waals surface area contributed by atoms with Gasteiger partial charge in [0.2, 0.25) is 0 Å². The maximum absolute atomic E-state index is 13.3. The second-order valence-corrected chi connectivity index (χ2v) is 4.96. The Labute approximate surface area is 113 Å². The lowest BCUT2D eigenvalue weighted by atomic mass is 10.1. The highest BCUT2D eigenvalue weighted by atomic mass is 32.1. The van der Waals surface area contributed by atoms with Gasteiger partial charge in [-0.15, -0.1) is 11.3 Å². The molecule has 0 fully saturated rings. The summed E-state index contributed by atoms with van der Waals surface area (Å²) in [5, 5.41) is 1.96. The van der Waals surface area contributed by atoms with Crippen LogP contribution in [-0.2, 0) is 11.2 Å². The standard InChI is InChI=1S/C14H12F2O2S/c15-10-3-4-13(16)12(8-10)14(17)9-18-6-5-11-2-1-7-19-11/h1-4,7-8H,5-6,9H2. The molecule has 0 aliphatic carbocycles.